The van der Waals surface area contributed by atoms with Crippen LogP contribution < -0.4 is 11.3 Å². The quantitative estimate of drug-likeness (QED) is 0.537. The molecule has 0 amide bonds. The maximum Gasteiger partial charge on any atom is 0.263 e. The number of anilines is 1. The molecule has 1 aromatic heterocycles. The van der Waals surface area contributed by atoms with E-state index in [1.165, 1.54) is 10.5 Å². The van der Waals surface area contributed by atoms with Gasteiger partial charge in [0.25, 0.3) is 10.0 Å². The van der Waals surface area contributed by atoms with Gasteiger partial charge in [-0.05, 0) is 37.8 Å². The van der Waals surface area contributed by atoms with Crippen molar-refractivity contribution in [3.05, 3.63) is 18.3 Å². The van der Waals surface area contributed by atoms with Gasteiger partial charge in [0, 0.05) is 18.3 Å². The maximum absolute atomic E-state index is 12.8. The van der Waals surface area contributed by atoms with E-state index in [2.05, 4.69) is 10.4 Å². The van der Waals surface area contributed by atoms with E-state index >= 15 is 0 Å². The molecule has 2 aliphatic heterocycles. The molecule has 2 atom stereocenters. The predicted molar refractivity (Wildman–Crippen MR) is 73.1 cm³/mol. The third-order valence-electron chi connectivity index (χ3n) is 4.09. The molecule has 0 aromatic carbocycles. The Balaban J connectivity index is 2.01. The lowest BCUT2D eigenvalue weighted by molar-refractivity contribution is 0.0768. The summed E-state index contributed by atoms with van der Waals surface area (Å²) in [5, 5.41) is 9.73. The van der Waals surface area contributed by atoms with E-state index in [1.807, 2.05) is 0 Å². The van der Waals surface area contributed by atoms with E-state index in [-0.39, 0.29) is 22.8 Å². The number of hydrazine groups is 1. The van der Waals surface area contributed by atoms with Crippen LogP contribution in [-0.2, 0) is 10.0 Å². The van der Waals surface area contributed by atoms with Crippen molar-refractivity contribution >= 4 is 15.7 Å². The van der Waals surface area contributed by atoms with Crippen molar-refractivity contribution < 1.29 is 13.5 Å². The number of sulfonamides is 1. The summed E-state index contributed by atoms with van der Waals surface area (Å²) >= 11 is 0. The minimum atomic E-state index is -3.70. The molecule has 2 fully saturated rings. The number of aromatic nitrogens is 1. The molecule has 8 heteroatoms. The molecule has 0 saturated carbocycles. The molecule has 3 heterocycles. The molecular formula is C12H18N4O3S. The third-order valence-corrected chi connectivity index (χ3v) is 6.06. The number of hydrogen-bond donors (Lipinski definition) is 3. The highest BCUT2D eigenvalue weighted by atomic mass is 32.2. The minimum Gasteiger partial charge on any atom is -0.393 e. The number of aliphatic hydroxyl groups excluding tert-OH is 1. The second kappa shape index (κ2) is 4.96. The van der Waals surface area contributed by atoms with Crippen LogP contribution in [-0.4, -0.2) is 41.0 Å². The van der Waals surface area contributed by atoms with Gasteiger partial charge in [0.05, 0.1) is 11.8 Å². The van der Waals surface area contributed by atoms with Gasteiger partial charge < -0.3 is 10.5 Å². The first-order chi connectivity index (χ1) is 9.54. The predicted octanol–water partition coefficient (Wildman–Crippen LogP) is 0.0436. The van der Waals surface area contributed by atoms with Gasteiger partial charge >= 0.3 is 0 Å². The van der Waals surface area contributed by atoms with Crippen LogP contribution in [0.25, 0.3) is 0 Å². The Morgan fingerprint density at radius 2 is 2.00 bits per heavy atom. The number of hydrogen-bond acceptors (Lipinski definition) is 6. The summed E-state index contributed by atoms with van der Waals surface area (Å²) in [4.78, 5) is 3.98. The van der Waals surface area contributed by atoms with E-state index in [0.717, 1.165) is 12.8 Å². The standard InChI is InChI=1S/C12H18N4O3S/c13-15-11-2-1-5-14-12(11)20(18,19)16-8-3-4-9(16)7-10(17)6-8/h1-2,5,8-10,15,17H,3-4,6-7,13H2. The topological polar surface area (TPSA) is 109 Å². The lowest BCUT2D eigenvalue weighted by Crippen LogP contribution is -2.48. The van der Waals surface area contributed by atoms with E-state index in [1.54, 1.807) is 12.1 Å². The summed E-state index contributed by atoms with van der Waals surface area (Å²) in [5.74, 6) is 5.37. The van der Waals surface area contributed by atoms with Crippen molar-refractivity contribution in [3.63, 3.8) is 0 Å². The molecule has 0 spiro atoms. The highest BCUT2D eigenvalue weighted by Gasteiger charge is 2.47. The molecule has 20 heavy (non-hydrogen) atoms. The Labute approximate surface area is 117 Å². The van der Waals surface area contributed by atoms with Gasteiger partial charge in [-0.1, -0.05) is 0 Å². The molecule has 1 aromatic rings. The first-order valence-corrected chi connectivity index (χ1v) is 8.11. The van der Waals surface area contributed by atoms with Crippen molar-refractivity contribution in [1.29, 1.82) is 0 Å². The zero-order chi connectivity index (χ0) is 14.3. The van der Waals surface area contributed by atoms with Gasteiger partial charge in [0.2, 0.25) is 0 Å². The van der Waals surface area contributed by atoms with E-state index in [4.69, 9.17) is 5.84 Å². The molecule has 2 unspecified atom stereocenters. The summed E-state index contributed by atoms with van der Waals surface area (Å²) in [6.45, 7) is 0. The summed E-state index contributed by atoms with van der Waals surface area (Å²) in [5.41, 5.74) is 2.67. The van der Waals surface area contributed by atoms with Crippen molar-refractivity contribution in [2.24, 2.45) is 5.84 Å². The number of nitrogens with two attached hydrogens (primary N) is 1. The Morgan fingerprint density at radius 1 is 1.35 bits per heavy atom. The number of nitrogens with one attached hydrogen (secondary N) is 1. The lowest BCUT2D eigenvalue weighted by atomic mass is 10.0. The van der Waals surface area contributed by atoms with Crippen LogP contribution in [0.15, 0.2) is 23.4 Å². The average molecular weight is 298 g/mol. The van der Waals surface area contributed by atoms with Gasteiger partial charge in [-0.15, -0.1) is 0 Å². The van der Waals surface area contributed by atoms with E-state index in [9.17, 15) is 13.5 Å². The average Bonchev–Trinajstić information content (AvgIpc) is 2.72. The Hall–Kier alpha value is -1.22. The molecule has 3 rings (SSSR count). The van der Waals surface area contributed by atoms with Crippen LogP contribution >= 0.6 is 0 Å². The van der Waals surface area contributed by atoms with Crippen molar-refractivity contribution in [2.75, 3.05) is 5.43 Å². The number of pyridine rings is 1. The Morgan fingerprint density at radius 3 is 2.60 bits per heavy atom. The monoisotopic (exact) mass is 298 g/mol. The summed E-state index contributed by atoms with van der Waals surface area (Å²) < 4.78 is 27.2. The van der Waals surface area contributed by atoms with Crippen LogP contribution in [0.4, 0.5) is 5.69 Å². The van der Waals surface area contributed by atoms with E-state index in [0.29, 0.717) is 12.8 Å². The highest BCUT2D eigenvalue weighted by Crippen LogP contribution is 2.40. The zero-order valence-corrected chi connectivity index (χ0v) is 11.8. The molecule has 0 aliphatic carbocycles. The smallest absolute Gasteiger partial charge is 0.263 e. The number of nitrogens with zero attached hydrogens (tertiary/aromatic N) is 2. The largest absolute Gasteiger partial charge is 0.393 e. The minimum absolute atomic E-state index is 0.0456. The van der Waals surface area contributed by atoms with Crippen LogP contribution in [0, 0.1) is 0 Å². The molecular weight excluding hydrogens is 280 g/mol. The summed E-state index contributed by atoms with van der Waals surface area (Å²) in [7, 11) is -3.70. The summed E-state index contributed by atoms with van der Waals surface area (Å²) in [6, 6.07) is 2.94. The Kier molecular flexibility index (Phi) is 3.41. The fourth-order valence-electron chi connectivity index (χ4n) is 3.30. The molecule has 2 aliphatic rings. The van der Waals surface area contributed by atoms with Gasteiger partial charge in [0.1, 0.15) is 0 Å². The SMILES string of the molecule is NNc1cccnc1S(=O)(=O)N1C2CCC1CC(O)C2. The number of aliphatic hydroxyl groups is 1. The van der Waals surface area contributed by atoms with Gasteiger partial charge in [-0.2, -0.15) is 4.31 Å². The normalized spacial score (nSPS) is 30.4. The van der Waals surface area contributed by atoms with Gasteiger partial charge in [-0.25, -0.2) is 13.4 Å². The fraction of sp³-hybridized carbons (Fsp3) is 0.583. The maximum atomic E-state index is 12.8. The third kappa shape index (κ3) is 2.08. The first-order valence-electron chi connectivity index (χ1n) is 6.67. The van der Waals surface area contributed by atoms with Crippen molar-refractivity contribution in [3.8, 4) is 0 Å². The number of piperidine rings is 1. The first kappa shape index (κ1) is 13.7. The summed E-state index contributed by atoms with van der Waals surface area (Å²) in [6.07, 6.45) is 3.60. The van der Waals surface area contributed by atoms with Gasteiger partial charge in [-0.3, -0.25) is 5.84 Å². The highest BCUT2D eigenvalue weighted by molar-refractivity contribution is 7.89. The Bertz CT molecular complexity index is 592. The molecule has 2 saturated heterocycles. The van der Waals surface area contributed by atoms with Crippen LogP contribution in [0.2, 0.25) is 0 Å². The van der Waals surface area contributed by atoms with Gasteiger partial charge in [0.15, 0.2) is 5.03 Å². The van der Waals surface area contributed by atoms with Crippen LogP contribution in [0.1, 0.15) is 25.7 Å². The van der Waals surface area contributed by atoms with Crippen molar-refractivity contribution in [2.45, 2.75) is 48.9 Å². The second-order valence-electron chi connectivity index (χ2n) is 5.35. The fourth-order valence-corrected chi connectivity index (χ4v) is 5.27. The molecule has 7 nitrogen and oxygen atoms in total. The molecule has 0 radical (unpaired) electrons. The number of nitrogen functional groups attached to an aromatic ring is 1. The van der Waals surface area contributed by atoms with Crippen LogP contribution in [0.3, 0.4) is 0 Å². The lowest BCUT2D eigenvalue weighted by Gasteiger charge is -2.35. The second-order valence-corrected chi connectivity index (χ2v) is 7.10. The number of fused-ring (bicyclic) bond motifs is 2. The molecule has 4 N–H and O–H groups in total. The molecule has 110 valence electrons. The van der Waals surface area contributed by atoms with Crippen molar-refractivity contribution in [1.82, 2.24) is 9.29 Å². The molecule has 2 bridgehead atoms. The van der Waals surface area contributed by atoms with E-state index < -0.39 is 16.1 Å². The van der Waals surface area contributed by atoms with Crippen LogP contribution in [0.5, 0.6) is 0 Å². The number of rotatable bonds is 3. The zero-order valence-electron chi connectivity index (χ0n) is 10.9.